The van der Waals surface area contributed by atoms with Crippen LogP contribution in [0, 0.1) is 0 Å². The zero-order valence-corrected chi connectivity index (χ0v) is 11.3. The third-order valence-corrected chi connectivity index (χ3v) is 3.67. The molecule has 2 heterocycles. The standard InChI is InChI=1S/C14H20N2O3/c1-17-12-8-11(14-13(9-12)18-10-19-14)2-5-16-6-3-15-4-7-16/h8-9,15H,2-7,10H2,1H3. The Kier molecular flexibility index (Phi) is 3.75. The van der Waals surface area contributed by atoms with Crippen molar-refractivity contribution in [3.63, 3.8) is 0 Å². The minimum Gasteiger partial charge on any atom is -0.497 e. The number of nitrogens with zero attached hydrogens (tertiary/aromatic N) is 1. The normalized spacial score (nSPS) is 18.6. The summed E-state index contributed by atoms with van der Waals surface area (Å²) in [4.78, 5) is 2.47. The second-order valence-electron chi connectivity index (χ2n) is 4.86. The fraction of sp³-hybridized carbons (Fsp3) is 0.571. The summed E-state index contributed by atoms with van der Waals surface area (Å²) in [6, 6.07) is 3.94. The summed E-state index contributed by atoms with van der Waals surface area (Å²) in [6.45, 7) is 5.74. The van der Waals surface area contributed by atoms with Crippen molar-refractivity contribution in [2.75, 3.05) is 46.6 Å². The van der Waals surface area contributed by atoms with Crippen LogP contribution in [0.4, 0.5) is 0 Å². The lowest BCUT2D eigenvalue weighted by molar-refractivity contribution is 0.172. The van der Waals surface area contributed by atoms with Crippen LogP contribution < -0.4 is 19.5 Å². The summed E-state index contributed by atoms with van der Waals surface area (Å²) in [6.07, 6.45) is 0.961. The number of nitrogens with one attached hydrogen (secondary N) is 1. The summed E-state index contributed by atoms with van der Waals surface area (Å²) in [5.74, 6) is 2.52. The van der Waals surface area contributed by atoms with Gasteiger partial charge in [0.2, 0.25) is 6.79 Å². The Bertz CT molecular complexity index is 445. The smallest absolute Gasteiger partial charge is 0.231 e. The minimum absolute atomic E-state index is 0.309. The van der Waals surface area contributed by atoms with E-state index in [1.54, 1.807) is 7.11 Å². The van der Waals surface area contributed by atoms with Gasteiger partial charge in [0.15, 0.2) is 11.5 Å². The highest BCUT2D eigenvalue weighted by atomic mass is 16.7. The van der Waals surface area contributed by atoms with Crippen molar-refractivity contribution in [3.8, 4) is 17.2 Å². The molecule has 2 aliphatic heterocycles. The molecule has 0 unspecified atom stereocenters. The van der Waals surface area contributed by atoms with Gasteiger partial charge in [-0.25, -0.2) is 0 Å². The monoisotopic (exact) mass is 264 g/mol. The molecule has 1 N–H and O–H groups in total. The topological polar surface area (TPSA) is 43.0 Å². The molecule has 5 nitrogen and oxygen atoms in total. The molecule has 0 bridgehead atoms. The van der Waals surface area contributed by atoms with Crippen molar-refractivity contribution in [1.29, 1.82) is 0 Å². The van der Waals surface area contributed by atoms with Crippen molar-refractivity contribution in [2.45, 2.75) is 6.42 Å². The van der Waals surface area contributed by atoms with Gasteiger partial charge in [-0.2, -0.15) is 0 Å². The van der Waals surface area contributed by atoms with Crippen LogP contribution >= 0.6 is 0 Å². The number of rotatable bonds is 4. The summed E-state index contributed by atoms with van der Waals surface area (Å²) in [5.41, 5.74) is 1.17. The summed E-state index contributed by atoms with van der Waals surface area (Å²) < 4.78 is 16.3. The lowest BCUT2D eigenvalue weighted by Gasteiger charge is -2.27. The van der Waals surface area contributed by atoms with Crippen LogP contribution in [0.15, 0.2) is 12.1 Å². The van der Waals surface area contributed by atoms with E-state index >= 15 is 0 Å². The third-order valence-electron chi connectivity index (χ3n) is 3.67. The first-order valence-corrected chi connectivity index (χ1v) is 6.76. The molecule has 0 spiro atoms. The predicted octanol–water partition coefficient (Wildman–Crippen LogP) is 0.872. The molecule has 3 rings (SSSR count). The van der Waals surface area contributed by atoms with Crippen LogP contribution in [0.1, 0.15) is 5.56 Å². The van der Waals surface area contributed by atoms with Gasteiger partial charge in [0.05, 0.1) is 7.11 Å². The first kappa shape index (κ1) is 12.6. The Hall–Kier alpha value is -1.46. The molecule has 0 radical (unpaired) electrons. The maximum Gasteiger partial charge on any atom is 0.231 e. The highest BCUT2D eigenvalue weighted by Crippen LogP contribution is 2.39. The van der Waals surface area contributed by atoms with Gasteiger partial charge in [-0.05, 0) is 12.5 Å². The average molecular weight is 264 g/mol. The number of ether oxygens (including phenoxy) is 3. The van der Waals surface area contributed by atoms with Crippen molar-refractivity contribution in [3.05, 3.63) is 17.7 Å². The van der Waals surface area contributed by atoms with Crippen LogP contribution in [0.3, 0.4) is 0 Å². The van der Waals surface area contributed by atoms with Crippen LogP contribution in [0.5, 0.6) is 17.2 Å². The number of hydrogen-bond acceptors (Lipinski definition) is 5. The van der Waals surface area contributed by atoms with E-state index in [9.17, 15) is 0 Å². The molecule has 2 aliphatic rings. The Morgan fingerprint density at radius 1 is 1.26 bits per heavy atom. The molecule has 1 saturated heterocycles. The maximum atomic E-state index is 5.56. The molecule has 1 aromatic carbocycles. The molecule has 1 fully saturated rings. The Morgan fingerprint density at radius 2 is 2.11 bits per heavy atom. The van der Waals surface area contributed by atoms with E-state index in [4.69, 9.17) is 14.2 Å². The van der Waals surface area contributed by atoms with Gasteiger partial charge in [-0.15, -0.1) is 0 Å². The minimum atomic E-state index is 0.309. The van der Waals surface area contributed by atoms with Gasteiger partial charge < -0.3 is 24.4 Å². The molecular formula is C14H20N2O3. The molecule has 104 valence electrons. The number of benzene rings is 1. The van der Waals surface area contributed by atoms with Gasteiger partial charge in [0.25, 0.3) is 0 Å². The highest BCUT2D eigenvalue weighted by Gasteiger charge is 2.20. The van der Waals surface area contributed by atoms with Gasteiger partial charge in [0, 0.05) is 44.4 Å². The molecule has 0 atom stereocenters. The van der Waals surface area contributed by atoms with E-state index in [0.29, 0.717) is 6.79 Å². The van der Waals surface area contributed by atoms with Crippen LogP contribution in [0.25, 0.3) is 0 Å². The van der Waals surface area contributed by atoms with E-state index in [1.807, 2.05) is 6.07 Å². The van der Waals surface area contributed by atoms with Crippen molar-refractivity contribution in [1.82, 2.24) is 10.2 Å². The zero-order chi connectivity index (χ0) is 13.1. The fourth-order valence-electron chi connectivity index (χ4n) is 2.57. The lowest BCUT2D eigenvalue weighted by atomic mass is 10.1. The molecule has 0 aromatic heterocycles. The molecule has 0 amide bonds. The largest absolute Gasteiger partial charge is 0.497 e. The molecule has 0 aliphatic carbocycles. The Labute approximate surface area is 113 Å². The van der Waals surface area contributed by atoms with Crippen molar-refractivity contribution >= 4 is 0 Å². The Balaban J connectivity index is 1.70. The summed E-state index contributed by atoms with van der Waals surface area (Å²) in [7, 11) is 1.68. The van der Waals surface area contributed by atoms with Crippen LogP contribution in [-0.4, -0.2) is 51.5 Å². The molecule has 1 aromatic rings. The van der Waals surface area contributed by atoms with E-state index in [-0.39, 0.29) is 0 Å². The van der Waals surface area contributed by atoms with Gasteiger partial charge in [-0.1, -0.05) is 0 Å². The first-order chi connectivity index (χ1) is 9.36. The number of piperazine rings is 1. The van der Waals surface area contributed by atoms with E-state index in [0.717, 1.165) is 56.4 Å². The highest BCUT2D eigenvalue weighted by molar-refractivity contribution is 5.53. The SMILES string of the molecule is COc1cc(CCN2CCNCC2)c2c(c1)OCO2. The van der Waals surface area contributed by atoms with E-state index < -0.39 is 0 Å². The van der Waals surface area contributed by atoms with Crippen LogP contribution in [-0.2, 0) is 6.42 Å². The van der Waals surface area contributed by atoms with Gasteiger partial charge in [0.1, 0.15) is 5.75 Å². The number of hydrogen-bond donors (Lipinski definition) is 1. The molecule has 19 heavy (non-hydrogen) atoms. The first-order valence-electron chi connectivity index (χ1n) is 6.76. The lowest BCUT2D eigenvalue weighted by Crippen LogP contribution is -2.44. The van der Waals surface area contributed by atoms with E-state index in [2.05, 4.69) is 16.3 Å². The Morgan fingerprint density at radius 3 is 2.89 bits per heavy atom. The van der Waals surface area contributed by atoms with Crippen LogP contribution in [0.2, 0.25) is 0 Å². The number of fused-ring (bicyclic) bond motifs is 1. The zero-order valence-electron chi connectivity index (χ0n) is 11.3. The molecule has 5 heteroatoms. The summed E-state index contributed by atoms with van der Waals surface area (Å²) >= 11 is 0. The quantitative estimate of drug-likeness (QED) is 0.874. The summed E-state index contributed by atoms with van der Waals surface area (Å²) in [5, 5.41) is 3.37. The second-order valence-corrected chi connectivity index (χ2v) is 4.86. The number of methoxy groups -OCH3 is 1. The molecule has 0 saturated carbocycles. The van der Waals surface area contributed by atoms with Gasteiger partial charge in [-0.3, -0.25) is 0 Å². The molecular weight excluding hydrogens is 244 g/mol. The maximum absolute atomic E-state index is 5.56. The van der Waals surface area contributed by atoms with Crippen molar-refractivity contribution in [2.24, 2.45) is 0 Å². The fourth-order valence-corrected chi connectivity index (χ4v) is 2.57. The van der Waals surface area contributed by atoms with Crippen molar-refractivity contribution < 1.29 is 14.2 Å². The van der Waals surface area contributed by atoms with E-state index in [1.165, 1.54) is 5.56 Å². The predicted molar refractivity (Wildman–Crippen MR) is 72.1 cm³/mol. The third kappa shape index (κ3) is 2.77. The second kappa shape index (κ2) is 5.67. The van der Waals surface area contributed by atoms with Gasteiger partial charge >= 0.3 is 0 Å². The average Bonchev–Trinajstić information content (AvgIpc) is 2.94.